The van der Waals surface area contributed by atoms with Crippen LogP contribution in [0, 0.1) is 6.92 Å². The smallest absolute Gasteiger partial charge is 0.264 e. The van der Waals surface area contributed by atoms with Gasteiger partial charge < -0.3 is 5.11 Å². The molecule has 0 saturated carbocycles. The van der Waals surface area contributed by atoms with Gasteiger partial charge in [0.2, 0.25) is 0 Å². The largest absolute Gasteiger partial charge is 0.392 e. The summed E-state index contributed by atoms with van der Waals surface area (Å²) in [5, 5.41) is 16.5. The first kappa shape index (κ1) is 14.6. The molecule has 0 atom stereocenters. The van der Waals surface area contributed by atoms with E-state index in [-0.39, 0.29) is 22.5 Å². The summed E-state index contributed by atoms with van der Waals surface area (Å²) in [6, 6.07) is 2.81. The summed E-state index contributed by atoms with van der Waals surface area (Å²) >= 11 is 5.86. The lowest BCUT2D eigenvalue weighted by Crippen LogP contribution is -2.17. The van der Waals surface area contributed by atoms with Crippen LogP contribution in [0.25, 0.3) is 0 Å². The van der Waals surface area contributed by atoms with Gasteiger partial charge in [0, 0.05) is 5.02 Å². The molecule has 0 fully saturated rings. The summed E-state index contributed by atoms with van der Waals surface area (Å²) in [5.41, 5.74) is 0.846. The number of benzene rings is 1. The van der Waals surface area contributed by atoms with Crippen molar-refractivity contribution >= 4 is 27.6 Å². The van der Waals surface area contributed by atoms with E-state index in [1.165, 1.54) is 24.5 Å². The average Bonchev–Trinajstić information content (AvgIpc) is 2.41. The molecule has 1 aromatic heterocycles. The Balaban J connectivity index is 2.47. The molecule has 0 bridgehead atoms. The van der Waals surface area contributed by atoms with E-state index in [0.717, 1.165) is 0 Å². The highest BCUT2D eigenvalue weighted by atomic mass is 35.5. The first-order chi connectivity index (χ1) is 9.44. The summed E-state index contributed by atoms with van der Waals surface area (Å²) in [6.45, 7) is 1.28. The van der Waals surface area contributed by atoms with Crippen LogP contribution in [0.4, 0.5) is 5.95 Å². The number of hydrogen-bond donors (Lipinski definition) is 2. The van der Waals surface area contributed by atoms with Gasteiger partial charge in [-0.2, -0.15) is 5.10 Å². The molecule has 0 amide bonds. The minimum Gasteiger partial charge on any atom is -0.392 e. The van der Waals surface area contributed by atoms with Crippen LogP contribution >= 0.6 is 11.6 Å². The molecule has 0 aliphatic rings. The molecule has 20 heavy (non-hydrogen) atoms. The molecule has 7 nitrogen and oxygen atoms in total. The Labute approximate surface area is 120 Å². The van der Waals surface area contributed by atoms with E-state index in [0.29, 0.717) is 11.1 Å². The maximum Gasteiger partial charge on any atom is 0.264 e. The highest BCUT2D eigenvalue weighted by molar-refractivity contribution is 7.92. The average molecular weight is 315 g/mol. The van der Waals surface area contributed by atoms with Crippen LogP contribution in [-0.4, -0.2) is 28.7 Å². The zero-order valence-electron chi connectivity index (χ0n) is 10.4. The van der Waals surface area contributed by atoms with E-state index in [1.807, 2.05) is 0 Å². The number of aromatic nitrogens is 3. The van der Waals surface area contributed by atoms with Crippen LogP contribution < -0.4 is 4.72 Å². The first-order valence-electron chi connectivity index (χ1n) is 5.50. The minimum atomic E-state index is -3.91. The number of sulfonamides is 1. The molecule has 2 rings (SSSR count). The summed E-state index contributed by atoms with van der Waals surface area (Å²) in [5.74, 6) is -0.141. The Morgan fingerprint density at radius 1 is 1.35 bits per heavy atom. The van der Waals surface area contributed by atoms with Crippen molar-refractivity contribution in [3.8, 4) is 0 Å². The standard InChI is InChI=1S/C11H11ClN4O3S/c1-7-8(6-17)4-9(12)5-10(7)20(18,19)16-11-13-2-3-14-15-11/h2-5,17H,6H2,1H3,(H,13,15,16). The van der Waals surface area contributed by atoms with E-state index >= 15 is 0 Å². The molecule has 9 heteroatoms. The van der Waals surface area contributed by atoms with Gasteiger partial charge in [0.1, 0.15) is 0 Å². The van der Waals surface area contributed by atoms with Crippen molar-refractivity contribution in [2.45, 2.75) is 18.4 Å². The number of nitrogens with zero attached hydrogens (tertiary/aromatic N) is 3. The highest BCUT2D eigenvalue weighted by Gasteiger charge is 2.20. The maximum absolute atomic E-state index is 12.3. The van der Waals surface area contributed by atoms with E-state index in [1.54, 1.807) is 6.92 Å². The van der Waals surface area contributed by atoms with Gasteiger partial charge >= 0.3 is 0 Å². The van der Waals surface area contributed by atoms with Gasteiger partial charge in [-0.3, -0.25) is 0 Å². The zero-order valence-corrected chi connectivity index (χ0v) is 12.0. The predicted octanol–water partition coefficient (Wildman–Crippen LogP) is 1.13. The van der Waals surface area contributed by atoms with E-state index in [2.05, 4.69) is 19.9 Å². The fourth-order valence-electron chi connectivity index (χ4n) is 1.62. The van der Waals surface area contributed by atoms with Crippen molar-refractivity contribution in [3.05, 3.63) is 40.7 Å². The van der Waals surface area contributed by atoms with Crippen molar-refractivity contribution in [2.24, 2.45) is 0 Å². The van der Waals surface area contributed by atoms with E-state index in [4.69, 9.17) is 11.6 Å². The second kappa shape index (κ2) is 5.70. The second-order valence-electron chi connectivity index (χ2n) is 3.92. The zero-order chi connectivity index (χ0) is 14.8. The van der Waals surface area contributed by atoms with Crippen molar-refractivity contribution in [3.63, 3.8) is 0 Å². The van der Waals surface area contributed by atoms with Gasteiger partial charge in [-0.05, 0) is 30.2 Å². The lowest BCUT2D eigenvalue weighted by molar-refractivity contribution is 0.280. The van der Waals surface area contributed by atoms with Crippen LogP contribution in [0.15, 0.2) is 29.4 Å². The molecule has 0 saturated heterocycles. The molecule has 0 spiro atoms. The van der Waals surface area contributed by atoms with E-state index < -0.39 is 10.0 Å². The Bertz CT molecular complexity index is 722. The lowest BCUT2D eigenvalue weighted by Gasteiger charge is -2.12. The molecule has 0 aliphatic heterocycles. The van der Waals surface area contributed by atoms with Gasteiger partial charge in [-0.25, -0.2) is 18.1 Å². The molecule has 106 valence electrons. The van der Waals surface area contributed by atoms with Crippen LogP contribution in [-0.2, 0) is 16.6 Å². The number of anilines is 1. The number of halogens is 1. The molecule has 0 aliphatic carbocycles. The number of aliphatic hydroxyl groups is 1. The number of rotatable bonds is 4. The fraction of sp³-hybridized carbons (Fsp3) is 0.182. The SMILES string of the molecule is Cc1c(CO)cc(Cl)cc1S(=O)(=O)Nc1nccnn1. The van der Waals surface area contributed by atoms with Gasteiger partial charge in [0.05, 0.1) is 23.9 Å². The second-order valence-corrected chi connectivity index (χ2v) is 6.01. The topological polar surface area (TPSA) is 105 Å². The van der Waals surface area contributed by atoms with Gasteiger partial charge in [-0.1, -0.05) is 11.6 Å². The Hall–Kier alpha value is -1.77. The van der Waals surface area contributed by atoms with Crippen molar-refractivity contribution in [1.82, 2.24) is 15.2 Å². The monoisotopic (exact) mass is 314 g/mol. The third-order valence-corrected chi connectivity index (χ3v) is 4.27. The normalized spacial score (nSPS) is 11.3. The van der Waals surface area contributed by atoms with Crippen LogP contribution in [0.1, 0.15) is 11.1 Å². The summed E-state index contributed by atoms with van der Waals surface area (Å²) in [4.78, 5) is 3.70. The minimum absolute atomic E-state index is 0.0403. The number of hydrogen-bond acceptors (Lipinski definition) is 6. The molecule has 0 unspecified atom stereocenters. The maximum atomic E-state index is 12.3. The Morgan fingerprint density at radius 2 is 2.10 bits per heavy atom. The van der Waals surface area contributed by atoms with Crippen molar-refractivity contribution in [1.29, 1.82) is 0 Å². The van der Waals surface area contributed by atoms with E-state index in [9.17, 15) is 13.5 Å². The Kier molecular flexibility index (Phi) is 4.17. The molecular weight excluding hydrogens is 304 g/mol. The molecule has 0 radical (unpaired) electrons. The third kappa shape index (κ3) is 3.03. The molecule has 2 aromatic rings. The Morgan fingerprint density at radius 3 is 2.70 bits per heavy atom. The molecule has 2 N–H and O–H groups in total. The molecule has 1 heterocycles. The van der Waals surface area contributed by atoms with Crippen molar-refractivity contribution < 1.29 is 13.5 Å². The predicted molar refractivity (Wildman–Crippen MR) is 72.7 cm³/mol. The molecular formula is C11H11ClN4O3S. The first-order valence-corrected chi connectivity index (χ1v) is 7.36. The quantitative estimate of drug-likeness (QED) is 0.876. The van der Waals surface area contributed by atoms with Crippen LogP contribution in [0.3, 0.4) is 0 Å². The highest BCUT2D eigenvalue weighted by Crippen LogP contribution is 2.25. The van der Waals surface area contributed by atoms with Crippen LogP contribution in [0.2, 0.25) is 5.02 Å². The fourth-order valence-corrected chi connectivity index (χ4v) is 3.19. The third-order valence-electron chi connectivity index (χ3n) is 2.60. The van der Waals surface area contributed by atoms with Gasteiger partial charge in [0.25, 0.3) is 16.0 Å². The summed E-state index contributed by atoms with van der Waals surface area (Å²) in [6.07, 6.45) is 2.64. The number of nitrogens with one attached hydrogen (secondary N) is 1. The number of aliphatic hydroxyl groups excluding tert-OH is 1. The van der Waals surface area contributed by atoms with Crippen LogP contribution in [0.5, 0.6) is 0 Å². The van der Waals surface area contributed by atoms with Gasteiger partial charge in [-0.15, -0.1) is 5.10 Å². The summed E-state index contributed by atoms with van der Waals surface area (Å²) < 4.78 is 26.8. The summed E-state index contributed by atoms with van der Waals surface area (Å²) in [7, 11) is -3.91. The lowest BCUT2D eigenvalue weighted by atomic mass is 10.1. The van der Waals surface area contributed by atoms with Gasteiger partial charge in [0.15, 0.2) is 0 Å². The van der Waals surface area contributed by atoms with Crippen molar-refractivity contribution in [2.75, 3.05) is 4.72 Å². The molecule has 1 aromatic carbocycles.